The number of nitrogens with zero attached hydrogens (tertiary/aromatic N) is 2. The molecule has 2 aromatic carbocycles. The highest BCUT2D eigenvalue weighted by Crippen LogP contribution is 2.30. The van der Waals surface area contributed by atoms with Gasteiger partial charge in [-0.05, 0) is 43.3 Å². The number of rotatable bonds is 5. The van der Waals surface area contributed by atoms with E-state index in [0.717, 1.165) is 23.1 Å². The third kappa shape index (κ3) is 2.90. The SMILES string of the molecule is CCn1c2ccccc2c2cc(NC(=O)COc3cc(C)on3)ccc21. The first-order chi connectivity index (χ1) is 12.7. The van der Waals surface area contributed by atoms with Crippen molar-refractivity contribution < 1.29 is 14.1 Å². The fourth-order valence-electron chi connectivity index (χ4n) is 3.22. The molecule has 0 aliphatic rings. The topological polar surface area (TPSA) is 69.3 Å². The van der Waals surface area contributed by atoms with Gasteiger partial charge in [0.2, 0.25) is 0 Å². The van der Waals surface area contributed by atoms with Crippen molar-refractivity contribution in [2.75, 3.05) is 11.9 Å². The Bertz CT molecular complexity index is 1090. The summed E-state index contributed by atoms with van der Waals surface area (Å²) in [6.45, 7) is 4.66. The lowest BCUT2D eigenvalue weighted by Gasteiger charge is -2.07. The van der Waals surface area contributed by atoms with E-state index in [2.05, 4.69) is 34.1 Å². The summed E-state index contributed by atoms with van der Waals surface area (Å²) in [7, 11) is 0. The summed E-state index contributed by atoms with van der Waals surface area (Å²) in [5.74, 6) is 0.696. The number of benzene rings is 2. The second kappa shape index (κ2) is 6.55. The third-order valence-electron chi connectivity index (χ3n) is 4.33. The van der Waals surface area contributed by atoms with Gasteiger partial charge >= 0.3 is 0 Å². The van der Waals surface area contributed by atoms with Crippen LogP contribution >= 0.6 is 0 Å². The average molecular weight is 349 g/mol. The van der Waals surface area contributed by atoms with Crippen LogP contribution in [0.3, 0.4) is 0 Å². The fourth-order valence-corrected chi connectivity index (χ4v) is 3.22. The summed E-state index contributed by atoms with van der Waals surface area (Å²) in [5, 5.41) is 8.87. The minimum Gasteiger partial charge on any atom is -0.465 e. The zero-order chi connectivity index (χ0) is 18.1. The van der Waals surface area contributed by atoms with Crippen LogP contribution in [0.4, 0.5) is 5.69 Å². The number of ether oxygens (including phenoxy) is 1. The van der Waals surface area contributed by atoms with Crippen LogP contribution in [-0.4, -0.2) is 22.2 Å². The Labute approximate surface area is 150 Å². The van der Waals surface area contributed by atoms with Crippen molar-refractivity contribution in [1.82, 2.24) is 9.72 Å². The van der Waals surface area contributed by atoms with Gasteiger partial charge in [0.05, 0.1) is 0 Å². The number of aryl methyl sites for hydroxylation is 2. The Morgan fingerprint density at radius 2 is 1.96 bits per heavy atom. The Balaban J connectivity index is 1.57. The highest BCUT2D eigenvalue weighted by atomic mass is 16.5. The van der Waals surface area contributed by atoms with E-state index in [1.807, 2.05) is 30.3 Å². The van der Waals surface area contributed by atoms with Crippen LogP contribution in [0.25, 0.3) is 21.8 Å². The molecule has 0 unspecified atom stereocenters. The molecular weight excluding hydrogens is 330 g/mol. The van der Waals surface area contributed by atoms with E-state index in [4.69, 9.17) is 9.26 Å². The normalized spacial score (nSPS) is 11.2. The van der Waals surface area contributed by atoms with E-state index >= 15 is 0 Å². The molecule has 0 fully saturated rings. The van der Waals surface area contributed by atoms with Crippen molar-refractivity contribution >= 4 is 33.4 Å². The van der Waals surface area contributed by atoms with E-state index in [1.165, 1.54) is 10.9 Å². The largest absolute Gasteiger partial charge is 0.465 e. The molecule has 1 N–H and O–H groups in total. The number of hydrogen-bond acceptors (Lipinski definition) is 4. The molecule has 2 aromatic heterocycles. The van der Waals surface area contributed by atoms with E-state index in [9.17, 15) is 4.79 Å². The van der Waals surface area contributed by atoms with Crippen LogP contribution in [0.1, 0.15) is 12.7 Å². The zero-order valence-corrected chi connectivity index (χ0v) is 14.7. The van der Waals surface area contributed by atoms with Crippen molar-refractivity contribution in [3.8, 4) is 5.88 Å². The first-order valence-corrected chi connectivity index (χ1v) is 8.52. The molecule has 0 atom stereocenters. The predicted octanol–water partition coefficient (Wildman–Crippen LogP) is 4.13. The monoisotopic (exact) mass is 349 g/mol. The molecule has 0 bridgehead atoms. The zero-order valence-electron chi connectivity index (χ0n) is 14.7. The highest BCUT2D eigenvalue weighted by Gasteiger charge is 2.11. The van der Waals surface area contributed by atoms with Crippen LogP contribution in [0, 0.1) is 6.92 Å². The van der Waals surface area contributed by atoms with Gasteiger partial charge in [0, 0.05) is 40.1 Å². The van der Waals surface area contributed by atoms with Crippen molar-refractivity contribution in [1.29, 1.82) is 0 Å². The minimum atomic E-state index is -0.246. The van der Waals surface area contributed by atoms with Crippen molar-refractivity contribution in [3.63, 3.8) is 0 Å². The molecule has 0 saturated heterocycles. The average Bonchev–Trinajstić information content (AvgIpc) is 3.20. The summed E-state index contributed by atoms with van der Waals surface area (Å²) in [5.41, 5.74) is 3.08. The maximum atomic E-state index is 12.2. The standard InChI is InChI=1S/C20H19N3O3/c1-3-23-17-7-5-4-6-15(17)16-11-14(8-9-18(16)23)21-19(24)12-25-20-10-13(2)26-22-20/h4-11H,3,12H2,1-2H3,(H,21,24). The predicted molar refractivity (Wildman–Crippen MR) is 100 cm³/mol. The van der Waals surface area contributed by atoms with Crippen LogP contribution in [0.5, 0.6) is 5.88 Å². The van der Waals surface area contributed by atoms with Gasteiger partial charge in [0.25, 0.3) is 11.8 Å². The molecule has 6 nitrogen and oxygen atoms in total. The minimum absolute atomic E-state index is 0.124. The summed E-state index contributed by atoms with van der Waals surface area (Å²) < 4.78 is 12.5. The number of carbonyl (C=O) groups excluding carboxylic acids is 1. The van der Waals surface area contributed by atoms with Crippen molar-refractivity contribution in [3.05, 3.63) is 54.3 Å². The van der Waals surface area contributed by atoms with Gasteiger partial charge in [-0.1, -0.05) is 18.2 Å². The van der Waals surface area contributed by atoms with Gasteiger partial charge < -0.3 is 19.1 Å². The molecule has 26 heavy (non-hydrogen) atoms. The lowest BCUT2D eigenvalue weighted by Crippen LogP contribution is -2.20. The molecule has 4 aromatic rings. The number of hydrogen-bond donors (Lipinski definition) is 1. The van der Waals surface area contributed by atoms with Gasteiger partial charge in [-0.15, -0.1) is 0 Å². The van der Waals surface area contributed by atoms with Gasteiger partial charge in [-0.25, -0.2) is 0 Å². The van der Waals surface area contributed by atoms with E-state index < -0.39 is 0 Å². The van der Waals surface area contributed by atoms with Gasteiger partial charge in [0.1, 0.15) is 5.76 Å². The Hall–Kier alpha value is -3.28. The number of amides is 1. The second-order valence-electron chi connectivity index (χ2n) is 6.11. The molecule has 1 amide bonds. The molecule has 2 heterocycles. The number of aromatic nitrogens is 2. The lowest BCUT2D eigenvalue weighted by molar-refractivity contribution is -0.118. The van der Waals surface area contributed by atoms with Gasteiger partial charge in [-0.2, -0.15) is 0 Å². The molecule has 0 saturated carbocycles. The summed E-state index contributed by atoms with van der Waals surface area (Å²) in [6.07, 6.45) is 0. The number of nitrogens with one attached hydrogen (secondary N) is 1. The quantitative estimate of drug-likeness (QED) is 0.588. The molecule has 6 heteroatoms. The number of carbonyl (C=O) groups is 1. The maximum Gasteiger partial charge on any atom is 0.262 e. The maximum absolute atomic E-state index is 12.2. The molecule has 0 aliphatic carbocycles. The Kier molecular flexibility index (Phi) is 4.08. The lowest BCUT2D eigenvalue weighted by atomic mass is 10.1. The fraction of sp³-hybridized carbons (Fsp3) is 0.200. The number of para-hydroxylation sites is 1. The molecule has 0 spiro atoms. The van der Waals surface area contributed by atoms with Crippen LogP contribution in [0.15, 0.2) is 53.1 Å². The van der Waals surface area contributed by atoms with Gasteiger partial charge in [0.15, 0.2) is 6.61 Å². The summed E-state index contributed by atoms with van der Waals surface area (Å²) >= 11 is 0. The van der Waals surface area contributed by atoms with Crippen molar-refractivity contribution in [2.45, 2.75) is 20.4 Å². The molecule has 4 rings (SSSR count). The van der Waals surface area contributed by atoms with Crippen molar-refractivity contribution in [2.24, 2.45) is 0 Å². The summed E-state index contributed by atoms with van der Waals surface area (Å²) in [4.78, 5) is 12.2. The highest BCUT2D eigenvalue weighted by molar-refractivity contribution is 6.09. The smallest absolute Gasteiger partial charge is 0.262 e. The number of anilines is 1. The third-order valence-corrected chi connectivity index (χ3v) is 4.33. The van der Waals surface area contributed by atoms with Gasteiger partial charge in [-0.3, -0.25) is 4.79 Å². The van der Waals surface area contributed by atoms with E-state index in [1.54, 1.807) is 13.0 Å². The van der Waals surface area contributed by atoms with E-state index in [0.29, 0.717) is 11.6 Å². The van der Waals surface area contributed by atoms with Crippen LogP contribution < -0.4 is 10.1 Å². The Morgan fingerprint density at radius 3 is 2.73 bits per heavy atom. The van der Waals surface area contributed by atoms with E-state index in [-0.39, 0.29) is 12.5 Å². The Morgan fingerprint density at radius 1 is 1.15 bits per heavy atom. The molecular formula is C20H19N3O3. The molecule has 0 aliphatic heterocycles. The number of fused-ring (bicyclic) bond motifs is 3. The summed E-state index contributed by atoms with van der Waals surface area (Å²) in [6, 6.07) is 15.9. The molecule has 0 radical (unpaired) electrons. The first kappa shape index (κ1) is 16.2. The first-order valence-electron chi connectivity index (χ1n) is 8.52. The van der Waals surface area contributed by atoms with Crippen LogP contribution in [0.2, 0.25) is 0 Å². The molecule has 132 valence electrons. The van der Waals surface area contributed by atoms with Crippen LogP contribution in [-0.2, 0) is 11.3 Å². The second-order valence-corrected chi connectivity index (χ2v) is 6.11.